The number of rotatable bonds is 4. The first-order valence-corrected chi connectivity index (χ1v) is 8.43. The van der Waals surface area contributed by atoms with E-state index in [1.54, 1.807) is 11.3 Å². The number of fused-ring (bicyclic) bond motifs is 1. The second-order valence-corrected chi connectivity index (χ2v) is 6.30. The van der Waals surface area contributed by atoms with Crippen molar-refractivity contribution in [3.05, 3.63) is 11.4 Å². The lowest BCUT2D eigenvalue weighted by molar-refractivity contribution is 0.403. The molecule has 1 saturated heterocycles. The molecule has 1 aliphatic heterocycles. The molecule has 1 unspecified atom stereocenters. The second-order valence-electron chi connectivity index (χ2n) is 5.40. The zero-order valence-corrected chi connectivity index (χ0v) is 13.0. The van der Waals surface area contributed by atoms with Crippen molar-refractivity contribution >= 4 is 33.3 Å². The minimum absolute atomic E-state index is 0.760. The molecule has 0 aliphatic carbocycles. The molecule has 108 valence electrons. The van der Waals surface area contributed by atoms with E-state index in [0.29, 0.717) is 0 Å². The van der Waals surface area contributed by atoms with Crippen molar-refractivity contribution in [1.29, 1.82) is 0 Å². The standard InChI is InChI=1S/C15H22N4S/c1-3-11-6-5-8-19(10-11)13-12-7-9-20-14(12)18-15(17-13)16-4-2/h7,9,11H,3-6,8,10H2,1-2H3,(H,16,17,18). The van der Waals surface area contributed by atoms with E-state index in [4.69, 9.17) is 4.98 Å². The number of nitrogens with one attached hydrogen (secondary N) is 1. The summed E-state index contributed by atoms with van der Waals surface area (Å²) in [6.07, 6.45) is 3.88. The fraction of sp³-hybridized carbons (Fsp3) is 0.600. The van der Waals surface area contributed by atoms with Gasteiger partial charge in [0.15, 0.2) is 0 Å². The average molecular weight is 290 g/mol. The minimum atomic E-state index is 0.760. The van der Waals surface area contributed by atoms with Crippen molar-refractivity contribution in [3.8, 4) is 0 Å². The van der Waals surface area contributed by atoms with Gasteiger partial charge in [-0.2, -0.15) is 4.98 Å². The summed E-state index contributed by atoms with van der Waals surface area (Å²) >= 11 is 1.69. The van der Waals surface area contributed by atoms with E-state index in [9.17, 15) is 0 Å². The summed E-state index contributed by atoms with van der Waals surface area (Å²) in [5, 5.41) is 6.57. The van der Waals surface area contributed by atoms with E-state index in [1.165, 1.54) is 24.6 Å². The number of nitrogens with zero attached hydrogens (tertiary/aromatic N) is 3. The van der Waals surface area contributed by atoms with E-state index in [-0.39, 0.29) is 0 Å². The van der Waals surface area contributed by atoms with Crippen molar-refractivity contribution in [2.45, 2.75) is 33.1 Å². The minimum Gasteiger partial charge on any atom is -0.356 e. The highest BCUT2D eigenvalue weighted by Crippen LogP contribution is 2.32. The summed E-state index contributed by atoms with van der Waals surface area (Å²) in [6, 6.07) is 2.15. The molecule has 0 spiro atoms. The summed E-state index contributed by atoms with van der Waals surface area (Å²) in [6.45, 7) is 7.47. The molecule has 1 N–H and O–H groups in total. The van der Waals surface area contributed by atoms with Crippen molar-refractivity contribution < 1.29 is 0 Å². The average Bonchev–Trinajstić information content (AvgIpc) is 2.95. The maximum atomic E-state index is 4.77. The third-order valence-electron chi connectivity index (χ3n) is 4.04. The number of hydrogen-bond acceptors (Lipinski definition) is 5. The van der Waals surface area contributed by atoms with Crippen molar-refractivity contribution in [2.24, 2.45) is 5.92 Å². The molecule has 1 fully saturated rings. The molecular weight excluding hydrogens is 268 g/mol. The third-order valence-corrected chi connectivity index (χ3v) is 4.84. The van der Waals surface area contributed by atoms with Crippen LogP contribution in [0.5, 0.6) is 0 Å². The Labute approximate surface area is 124 Å². The molecule has 2 aromatic heterocycles. The topological polar surface area (TPSA) is 41.1 Å². The van der Waals surface area contributed by atoms with Gasteiger partial charge in [-0.25, -0.2) is 4.98 Å². The summed E-state index contributed by atoms with van der Waals surface area (Å²) in [7, 11) is 0. The van der Waals surface area contributed by atoms with Gasteiger partial charge >= 0.3 is 0 Å². The Kier molecular flexibility index (Phi) is 4.05. The predicted octanol–water partition coefficient (Wildman–Crippen LogP) is 3.75. The Morgan fingerprint density at radius 2 is 2.30 bits per heavy atom. The normalized spacial score (nSPS) is 19.5. The first kappa shape index (κ1) is 13.6. The van der Waals surface area contributed by atoms with Crippen molar-refractivity contribution in [1.82, 2.24) is 9.97 Å². The fourth-order valence-electron chi connectivity index (χ4n) is 2.91. The van der Waals surface area contributed by atoms with Gasteiger partial charge in [0.25, 0.3) is 0 Å². The Hall–Kier alpha value is -1.36. The molecule has 4 nitrogen and oxygen atoms in total. The summed E-state index contributed by atoms with van der Waals surface area (Å²) in [4.78, 5) is 12.9. The van der Waals surface area contributed by atoms with Gasteiger partial charge in [-0.1, -0.05) is 13.3 Å². The highest BCUT2D eigenvalue weighted by atomic mass is 32.1. The summed E-state index contributed by atoms with van der Waals surface area (Å²) in [5.74, 6) is 2.68. The molecule has 20 heavy (non-hydrogen) atoms. The third kappa shape index (κ3) is 2.59. The van der Waals surface area contributed by atoms with Crippen LogP contribution in [0.25, 0.3) is 10.2 Å². The lowest BCUT2D eigenvalue weighted by atomic mass is 9.95. The van der Waals surface area contributed by atoms with E-state index in [2.05, 4.69) is 40.5 Å². The largest absolute Gasteiger partial charge is 0.356 e. The number of anilines is 2. The van der Waals surface area contributed by atoms with Gasteiger partial charge in [-0.15, -0.1) is 11.3 Å². The van der Waals surface area contributed by atoms with Gasteiger partial charge < -0.3 is 10.2 Å². The Morgan fingerprint density at radius 1 is 1.40 bits per heavy atom. The zero-order chi connectivity index (χ0) is 13.9. The quantitative estimate of drug-likeness (QED) is 0.931. The molecule has 3 heterocycles. The highest BCUT2D eigenvalue weighted by molar-refractivity contribution is 7.16. The van der Waals surface area contributed by atoms with Crippen LogP contribution in [0.3, 0.4) is 0 Å². The molecule has 1 aliphatic rings. The van der Waals surface area contributed by atoms with Crippen LogP contribution in [0.1, 0.15) is 33.1 Å². The number of aromatic nitrogens is 2. The zero-order valence-electron chi connectivity index (χ0n) is 12.2. The van der Waals surface area contributed by atoms with Crippen LogP contribution in [0.2, 0.25) is 0 Å². The lowest BCUT2D eigenvalue weighted by Gasteiger charge is -2.33. The van der Waals surface area contributed by atoms with Crippen LogP contribution in [0.15, 0.2) is 11.4 Å². The van der Waals surface area contributed by atoms with E-state index in [0.717, 1.165) is 42.1 Å². The molecule has 0 bridgehead atoms. The highest BCUT2D eigenvalue weighted by Gasteiger charge is 2.22. The van der Waals surface area contributed by atoms with Gasteiger partial charge in [0.05, 0.1) is 5.39 Å². The van der Waals surface area contributed by atoms with Crippen molar-refractivity contribution in [2.75, 3.05) is 29.9 Å². The molecule has 1 atom stereocenters. The summed E-state index contributed by atoms with van der Waals surface area (Å²) < 4.78 is 0. The molecule has 0 saturated carbocycles. The van der Waals surface area contributed by atoms with E-state index < -0.39 is 0 Å². The first-order valence-electron chi connectivity index (χ1n) is 7.55. The van der Waals surface area contributed by atoms with Crippen LogP contribution in [-0.4, -0.2) is 29.6 Å². The molecular formula is C15H22N4S. The molecule has 5 heteroatoms. The maximum Gasteiger partial charge on any atom is 0.226 e. The van der Waals surface area contributed by atoms with Crippen LogP contribution in [-0.2, 0) is 0 Å². The number of hydrogen-bond donors (Lipinski definition) is 1. The van der Waals surface area contributed by atoms with E-state index in [1.807, 2.05) is 0 Å². The Morgan fingerprint density at radius 3 is 3.10 bits per heavy atom. The van der Waals surface area contributed by atoms with Crippen LogP contribution < -0.4 is 10.2 Å². The second kappa shape index (κ2) is 5.95. The number of piperidine rings is 1. The first-order chi connectivity index (χ1) is 9.81. The number of thiophene rings is 1. The lowest BCUT2D eigenvalue weighted by Crippen LogP contribution is -2.36. The van der Waals surface area contributed by atoms with Gasteiger partial charge in [0.1, 0.15) is 10.6 Å². The Bertz CT molecular complexity index is 580. The Balaban J connectivity index is 1.98. The monoisotopic (exact) mass is 290 g/mol. The van der Waals surface area contributed by atoms with Crippen LogP contribution >= 0.6 is 11.3 Å². The van der Waals surface area contributed by atoms with Crippen LogP contribution in [0, 0.1) is 5.92 Å². The molecule has 0 amide bonds. The van der Waals surface area contributed by atoms with Crippen molar-refractivity contribution in [3.63, 3.8) is 0 Å². The van der Waals surface area contributed by atoms with Gasteiger partial charge in [0, 0.05) is 19.6 Å². The van der Waals surface area contributed by atoms with Gasteiger partial charge in [-0.3, -0.25) is 0 Å². The molecule has 0 radical (unpaired) electrons. The molecule has 3 rings (SSSR count). The van der Waals surface area contributed by atoms with E-state index >= 15 is 0 Å². The maximum absolute atomic E-state index is 4.77. The fourth-order valence-corrected chi connectivity index (χ4v) is 3.67. The SMILES string of the molecule is CCNc1nc(N2CCCC(CC)C2)c2ccsc2n1. The van der Waals surface area contributed by atoms with Crippen LogP contribution in [0.4, 0.5) is 11.8 Å². The molecule has 2 aromatic rings. The molecule has 0 aromatic carbocycles. The van der Waals surface area contributed by atoms with Gasteiger partial charge in [-0.05, 0) is 37.1 Å². The van der Waals surface area contributed by atoms with Gasteiger partial charge in [0.2, 0.25) is 5.95 Å². The smallest absolute Gasteiger partial charge is 0.226 e. The predicted molar refractivity (Wildman–Crippen MR) is 86.8 cm³/mol. The summed E-state index contributed by atoms with van der Waals surface area (Å²) in [5.41, 5.74) is 0.